The monoisotopic (exact) mass is 553 g/mol. The zero-order valence-electron chi connectivity index (χ0n) is 21.1. The van der Waals surface area contributed by atoms with Gasteiger partial charge in [-0.2, -0.15) is 13.2 Å². The van der Waals surface area contributed by atoms with E-state index in [0.29, 0.717) is 24.0 Å². The number of rotatable bonds is 13. The second-order valence-electron chi connectivity index (χ2n) is 8.93. The Morgan fingerprint density at radius 3 is 2.24 bits per heavy atom. The van der Waals surface area contributed by atoms with Gasteiger partial charge in [-0.05, 0) is 43.0 Å². The molecule has 0 amide bonds. The van der Waals surface area contributed by atoms with E-state index in [-0.39, 0.29) is 17.1 Å². The van der Waals surface area contributed by atoms with E-state index in [9.17, 15) is 31.2 Å². The summed E-state index contributed by atoms with van der Waals surface area (Å²) < 4.78 is 71.8. The minimum atomic E-state index is -5.47. The van der Waals surface area contributed by atoms with Crippen LogP contribution in [0, 0.1) is 0 Å². The first-order valence-corrected chi connectivity index (χ1v) is 14.0. The maximum absolute atomic E-state index is 12.8. The molecule has 0 N–H and O–H groups in total. The zero-order chi connectivity index (χ0) is 27.8. The third kappa shape index (κ3) is 7.66. The quantitative estimate of drug-likeness (QED) is 0.179. The molecule has 7 nitrogen and oxygen atoms in total. The highest BCUT2D eigenvalue weighted by atomic mass is 32.2. The Morgan fingerprint density at radius 1 is 0.974 bits per heavy atom. The first kappa shape index (κ1) is 29.3. The summed E-state index contributed by atoms with van der Waals surface area (Å²) in [6.45, 7) is 2.26. The number of aryl methyl sites for hydroxylation is 1. The molecule has 0 atom stereocenters. The van der Waals surface area contributed by atoms with Gasteiger partial charge in [-0.1, -0.05) is 51.2 Å². The van der Waals surface area contributed by atoms with Gasteiger partial charge in [0.25, 0.3) is 9.84 Å². The summed E-state index contributed by atoms with van der Waals surface area (Å²) in [6.07, 6.45) is 9.86. The molecule has 3 rings (SSSR count). The molecule has 206 valence electrons. The molecule has 0 unspecified atom stereocenters. The van der Waals surface area contributed by atoms with Crippen LogP contribution in [0.4, 0.5) is 13.2 Å². The van der Waals surface area contributed by atoms with Crippen LogP contribution in [-0.2, 0) is 25.8 Å². The summed E-state index contributed by atoms with van der Waals surface area (Å²) >= 11 is 0. The average Bonchev–Trinajstić information content (AvgIpc) is 2.88. The van der Waals surface area contributed by atoms with Gasteiger partial charge in [0.2, 0.25) is 0 Å². The van der Waals surface area contributed by atoms with E-state index in [1.165, 1.54) is 6.07 Å². The number of fused-ring (bicyclic) bond motifs is 1. The van der Waals surface area contributed by atoms with Gasteiger partial charge in [0.05, 0.1) is 17.1 Å². The number of hydrogen-bond acceptors (Lipinski definition) is 7. The Labute approximate surface area is 218 Å². The Morgan fingerprint density at radius 2 is 1.61 bits per heavy atom. The zero-order valence-corrected chi connectivity index (χ0v) is 21.9. The Kier molecular flexibility index (Phi) is 10.1. The van der Waals surface area contributed by atoms with E-state index in [0.717, 1.165) is 81.3 Å². The van der Waals surface area contributed by atoms with Crippen LogP contribution in [0.3, 0.4) is 0 Å². The van der Waals surface area contributed by atoms with Crippen LogP contribution in [0.2, 0.25) is 0 Å². The number of sulfone groups is 1. The van der Waals surface area contributed by atoms with E-state index in [1.54, 1.807) is 19.2 Å². The van der Waals surface area contributed by atoms with Crippen LogP contribution >= 0.6 is 0 Å². The fourth-order valence-electron chi connectivity index (χ4n) is 3.92. The maximum atomic E-state index is 12.8. The van der Waals surface area contributed by atoms with E-state index in [2.05, 4.69) is 4.98 Å². The molecule has 2 heterocycles. The van der Waals surface area contributed by atoms with Gasteiger partial charge in [0.1, 0.15) is 5.58 Å². The average molecular weight is 554 g/mol. The molecule has 11 heteroatoms. The molecule has 2 aromatic heterocycles. The van der Waals surface area contributed by atoms with Crippen molar-refractivity contribution in [3.05, 3.63) is 58.7 Å². The van der Waals surface area contributed by atoms with E-state index in [4.69, 9.17) is 9.15 Å². The van der Waals surface area contributed by atoms with Crippen molar-refractivity contribution in [3.63, 3.8) is 0 Å². The van der Waals surface area contributed by atoms with Gasteiger partial charge in [0.15, 0.2) is 0 Å². The highest BCUT2D eigenvalue weighted by Crippen LogP contribution is 2.31. The van der Waals surface area contributed by atoms with Crippen LogP contribution < -0.4 is 5.63 Å². The summed E-state index contributed by atoms with van der Waals surface area (Å²) in [5.74, 6) is -0.163. The number of aromatic nitrogens is 1. The van der Waals surface area contributed by atoms with Gasteiger partial charge in [0, 0.05) is 29.8 Å². The minimum absolute atomic E-state index is 0.0894. The predicted molar refractivity (Wildman–Crippen MR) is 136 cm³/mol. The van der Waals surface area contributed by atoms with Crippen molar-refractivity contribution in [2.24, 2.45) is 0 Å². The van der Waals surface area contributed by atoms with Crippen molar-refractivity contribution >= 4 is 26.8 Å². The third-order valence-corrected chi connectivity index (χ3v) is 7.59. The van der Waals surface area contributed by atoms with Gasteiger partial charge >= 0.3 is 17.1 Å². The summed E-state index contributed by atoms with van der Waals surface area (Å²) in [5.41, 5.74) is -4.64. The lowest BCUT2D eigenvalue weighted by Crippen LogP contribution is -2.23. The van der Waals surface area contributed by atoms with Crippen molar-refractivity contribution in [2.45, 2.75) is 75.1 Å². The number of nitrogens with zero attached hydrogens (tertiary/aromatic N) is 1. The number of halogens is 3. The molecular formula is C27H30F3NO6S. The van der Waals surface area contributed by atoms with Crippen LogP contribution in [0.15, 0.2) is 56.7 Å². The number of unbranched alkanes of at least 4 members (excludes halogenated alkanes) is 6. The van der Waals surface area contributed by atoms with E-state index in [1.807, 2.05) is 0 Å². The van der Waals surface area contributed by atoms with Crippen molar-refractivity contribution in [3.8, 4) is 11.1 Å². The van der Waals surface area contributed by atoms with Crippen molar-refractivity contribution in [1.29, 1.82) is 0 Å². The standard InChI is InChI=1S/C27H30F3NO6S/c1-2-25(32)36-15-9-7-5-3-4-6-8-10-21-17-24-20(18-31-21)16-23(26(33)37-24)19-11-13-22(14-12-19)38(34,35)27(28,29)30/h11-14,16-18H,2-10,15H2,1H3. The molecule has 0 aliphatic carbocycles. The van der Waals surface area contributed by atoms with E-state index < -0.39 is 25.9 Å². The van der Waals surface area contributed by atoms with Gasteiger partial charge in [-0.15, -0.1) is 0 Å². The first-order chi connectivity index (χ1) is 18.0. The third-order valence-electron chi connectivity index (χ3n) is 6.08. The highest BCUT2D eigenvalue weighted by Gasteiger charge is 2.46. The first-order valence-electron chi connectivity index (χ1n) is 12.5. The second kappa shape index (κ2) is 13.0. The predicted octanol–water partition coefficient (Wildman–Crippen LogP) is 6.37. The lowest BCUT2D eigenvalue weighted by Gasteiger charge is -2.09. The molecule has 0 fully saturated rings. The van der Waals surface area contributed by atoms with Crippen LogP contribution in [0.25, 0.3) is 22.1 Å². The van der Waals surface area contributed by atoms with Crippen molar-refractivity contribution in [1.82, 2.24) is 4.98 Å². The minimum Gasteiger partial charge on any atom is -0.466 e. The molecule has 38 heavy (non-hydrogen) atoms. The molecule has 0 aliphatic heterocycles. The van der Waals surface area contributed by atoms with Gasteiger partial charge < -0.3 is 9.15 Å². The van der Waals surface area contributed by atoms with E-state index >= 15 is 0 Å². The number of ether oxygens (including phenoxy) is 1. The largest absolute Gasteiger partial charge is 0.501 e. The number of pyridine rings is 1. The van der Waals surface area contributed by atoms with Gasteiger partial charge in [-0.3, -0.25) is 9.78 Å². The van der Waals surface area contributed by atoms with Crippen molar-refractivity contribution < 1.29 is 35.5 Å². The Bertz CT molecular complexity index is 1400. The van der Waals surface area contributed by atoms with Gasteiger partial charge in [-0.25, -0.2) is 13.2 Å². The summed E-state index contributed by atoms with van der Waals surface area (Å²) in [6, 6.07) is 7.13. The van der Waals surface area contributed by atoms with Crippen LogP contribution in [0.5, 0.6) is 0 Å². The van der Waals surface area contributed by atoms with Crippen molar-refractivity contribution in [2.75, 3.05) is 6.61 Å². The number of benzene rings is 1. The maximum Gasteiger partial charge on any atom is 0.501 e. The molecule has 0 radical (unpaired) electrons. The molecule has 0 saturated carbocycles. The fraction of sp³-hybridized carbons (Fsp3) is 0.444. The van der Waals surface area contributed by atoms with Crippen LogP contribution in [-0.4, -0.2) is 31.5 Å². The Hall–Kier alpha value is -3.21. The lowest BCUT2D eigenvalue weighted by atomic mass is 10.1. The molecule has 0 aliphatic rings. The number of alkyl halides is 3. The number of hydrogen-bond donors (Lipinski definition) is 0. The molecule has 1 aromatic carbocycles. The number of esters is 1. The molecule has 0 saturated heterocycles. The number of carbonyl (C=O) groups is 1. The fourth-order valence-corrected chi connectivity index (χ4v) is 4.68. The smallest absolute Gasteiger partial charge is 0.466 e. The lowest BCUT2D eigenvalue weighted by molar-refractivity contribution is -0.143. The normalized spacial score (nSPS) is 12.1. The summed E-state index contributed by atoms with van der Waals surface area (Å²) in [5, 5.41) is 0.542. The Balaban J connectivity index is 1.53. The second-order valence-corrected chi connectivity index (χ2v) is 10.9. The number of carbonyl (C=O) groups excluding carboxylic acids is 1. The van der Waals surface area contributed by atoms with Crippen LogP contribution in [0.1, 0.15) is 64.0 Å². The topological polar surface area (TPSA) is 104 Å². The molecule has 0 spiro atoms. The molecule has 3 aromatic rings. The highest BCUT2D eigenvalue weighted by molar-refractivity contribution is 7.92. The molecular weight excluding hydrogens is 523 g/mol. The summed E-state index contributed by atoms with van der Waals surface area (Å²) in [4.78, 5) is 27.1. The summed E-state index contributed by atoms with van der Waals surface area (Å²) in [7, 11) is -5.47. The SMILES string of the molecule is CCC(=O)OCCCCCCCCCc1cc2oc(=O)c(-c3ccc(S(=O)(=O)C(F)(F)F)cc3)cc2cn1. The molecule has 0 bridgehead atoms.